The van der Waals surface area contributed by atoms with Gasteiger partial charge in [0.25, 0.3) is 11.6 Å². The molecule has 2 aromatic rings. The highest BCUT2D eigenvalue weighted by atomic mass is 32.1. The molecule has 1 N–H and O–H groups in total. The summed E-state index contributed by atoms with van der Waals surface area (Å²) < 4.78 is 0. The van der Waals surface area contributed by atoms with Gasteiger partial charge in [-0.3, -0.25) is 19.8 Å². The van der Waals surface area contributed by atoms with Crippen LogP contribution in [0.2, 0.25) is 0 Å². The first-order valence-corrected chi connectivity index (χ1v) is 9.37. The third kappa shape index (κ3) is 4.17. The Morgan fingerprint density at radius 3 is 2.88 bits per heavy atom. The van der Waals surface area contributed by atoms with E-state index in [2.05, 4.69) is 15.2 Å². The highest BCUT2D eigenvalue weighted by Crippen LogP contribution is 2.30. The molecule has 1 aromatic carbocycles. The van der Waals surface area contributed by atoms with Gasteiger partial charge in [-0.25, -0.2) is 4.98 Å². The van der Waals surface area contributed by atoms with Gasteiger partial charge in [-0.15, -0.1) is 11.3 Å². The quantitative estimate of drug-likeness (QED) is 0.636. The zero-order valence-corrected chi connectivity index (χ0v) is 15.4. The first-order chi connectivity index (χ1) is 12.6. The van der Waals surface area contributed by atoms with Crippen LogP contribution in [0.4, 0.5) is 11.4 Å². The van der Waals surface area contributed by atoms with Crippen molar-refractivity contribution in [2.75, 3.05) is 38.1 Å². The highest BCUT2D eigenvalue weighted by molar-refractivity contribution is 7.07. The Kier molecular flexibility index (Phi) is 5.79. The summed E-state index contributed by atoms with van der Waals surface area (Å²) in [5.74, 6) is -0.329. The lowest BCUT2D eigenvalue weighted by atomic mass is 10.1. The van der Waals surface area contributed by atoms with Crippen molar-refractivity contribution in [3.05, 3.63) is 50.5 Å². The topological polar surface area (TPSA) is 91.6 Å². The van der Waals surface area contributed by atoms with E-state index in [1.165, 1.54) is 13.1 Å². The molecule has 1 aromatic heterocycles. The zero-order chi connectivity index (χ0) is 18.5. The minimum absolute atomic E-state index is 0.0287. The van der Waals surface area contributed by atoms with Crippen LogP contribution in [0.25, 0.3) is 0 Å². The number of anilines is 1. The van der Waals surface area contributed by atoms with E-state index in [9.17, 15) is 14.9 Å². The predicted molar refractivity (Wildman–Crippen MR) is 101 cm³/mol. The molecule has 9 heteroatoms. The predicted octanol–water partition coefficient (Wildman–Crippen LogP) is 2.12. The molecule has 0 radical (unpaired) electrons. The van der Waals surface area contributed by atoms with Gasteiger partial charge in [0.2, 0.25) is 0 Å². The van der Waals surface area contributed by atoms with Gasteiger partial charge in [-0.05, 0) is 18.6 Å². The molecule has 0 atom stereocenters. The van der Waals surface area contributed by atoms with Crippen LogP contribution in [0.1, 0.15) is 22.5 Å². The Morgan fingerprint density at radius 2 is 2.19 bits per heavy atom. The molecule has 1 aliphatic heterocycles. The van der Waals surface area contributed by atoms with Crippen molar-refractivity contribution >= 4 is 28.6 Å². The summed E-state index contributed by atoms with van der Waals surface area (Å²) in [5, 5.41) is 16.1. The van der Waals surface area contributed by atoms with E-state index in [1.807, 2.05) is 15.8 Å². The SMILES string of the molecule is CNC(=O)c1ccc(N2CCCN(Cc3cscn3)CC2)c([N+](=O)[O-])c1. The van der Waals surface area contributed by atoms with Crippen molar-refractivity contribution in [1.82, 2.24) is 15.2 Å². The summed E-state index contributed by atoms with van der Waals surface area (Å²) in [6.07, 6.45) is 0.915. The van der Waals surface area contributed by atoms with Crippen LogP contribution in [0.3, 0.4) is 0 Å². The van der Waals surface area contributed by atoms with Gasteiger partial charge in [0.1, 0.15) is 5.69 Å². The molecule has 1 fully saturated rings. The molecule has 0 bridgehead atoms. The Hall–Kier alpha value is -2.52. The summed E-state index contributed by atoms with van der Waals surface area (Å²) in [6, 6.07) is 4.67. The van der Waals surface area contributed by atoms with Crippen molar-refractivity contribution in [2.45, 2.75) is 13.0 Å². The summed E-state index contributed by atoms with van der Waals surface area (Å²) in [5.41, 5.74) is 3.72. The molecule has 0 saturated carbocycles. The van der Waals surface area contributed by atoms with Gasteiger partial charge in [0.05, 0.1) is 16.1 Å². The average molecular weight is 375 g/mol. The zero-order valence-electron chi connectivity index (χ0n) is 14.6. The second-order valence-electron chi connectivity index (χ2n) is 6.14. The van der Waals surface area contributed by atoms with Crippen LogP contribution in [-0.2, 0) is 6.54 Å². The number of benzene rings is 1. The molecule has 2 heterocycles. The lowest BCUT2D eigenvalue weighted by Gasteiger charge is -2.23. The third-order valence-electron chi connectivity index (χ3n) is 4.46. The molecule has 26 heavy (non-hydrogen) atoms. The highest BCUT2D eigenvalue weighted by Gasteiger charge is 2.24. The summed E-state index contributed by atoms with van der Waals surface area (Å²) in [6.45, 7) is 3.98. The van der Waals surface area contributed by atoms with Gasteiger partial charge in [-0.1, -0.05) is 0 Å². The van der Waals surface area contributed by atoms with Gasteiger partial charge >= 0.3 is 0 Å². The molecule has 0 aliphatic carbocycles. The summed E-state index contributed by atoms with van der Waals surface area (Å²) in [4.78, 5) is 31.5. The molecule has 3 rings (SSSR count). The van der Waals surface area contributed by atoms with Gasteiger partial charge in [-0.2, -0.15) is 0 Å². The van der Waals surface area contributed by atoms with E-state index >= 15 is 0 Å². The Morgan fingerprint density at radius 1 is 1.35 bits per heavy atom. The fourth-order valence-corrected chi connectivity index (χ4v) is 3.69. The fourth-order valence-electron chi connectivity index (χ4n) is 3.14. The van der Waals surface area contributed by atoms with Crippen molar-refractivity contribution in [1.29, 1.82) is 0 Å². The summed E-state index contributed by atoms with van der Waals surface area (Å²) >= 11 is 1.59. The smallest absolute Gasteiger partial charge is 0.293 e. The van der Waals surface area contributed by atoms with Crippen LogP contribution in [0.15, 0.2) is 29.1 Å². The molecule has 8 nitrogen and oxygen atoms in total. The Balaban J connectivity index is 1.76. The minimum atomic E-state index is -0.417. The number of amides is 1. The number of nitro groups is 1. The number of rotatable bonds is 5. The first-order valence-electron chi connectivity index (χ1n) is 8.43. The molecule has 0 spiro atoms. The largest absolute Gasteiger partial charge is 0.365 e. The van der Waals surface area contributed by atoms with Crippen molar-refractivity contribution in [2.24, 2.45) is 0 Å². The minimum Gasteiger partial charge on any atom is -0.365 e. The number of carbonyl (C=O) groups is 1. The summed E-state index contributed by atoms with van der Waals surface area (Å²) in [7, 11) is 1.51. The molecule has 1 aliphatic rings. The number of thiazole rings is 1. The standard InChI is InChI=1S/C17H21N5O3S/c1-18-17(23)13-3-4-15(16(9-13)22(24)25)21-6-2-5-20(7-8-21)10-14-11-26-12-19-14/h3-4,9,11-12H,2,5-8,10H2,1H3,(H,18,23). The van der Waals surface area contributed by atoms with Crippen LogP contribution < -0.4 is 10.2 Å². The fraction of sp³-hybridized carbons (Fsp3) is 0.412. The average Bonchev–Trinajstić information content (AvgIpc) is 3.05. The third-order valence-corrected chi connectivity index (χ3v) is 5.09. The maximum Gasteiger partial charge on any atom is 0.293 e. The van der Waals surface area contributed by atoms with Crippen LogP contribution in [0.5, 0.6) is 0 Å². The number of nitrogens with one attached hydrogen (secondary N) is 1. The molecule has 1 amide bonds. The number of aromatic nitrogens is 1. The lowest BCUT2D eigenvalue weighted by Crippen LogP contribution is -2.31. The van der Waals surface area contributed by atoms with Gasteiger partial charge in [0, 0.05) is 56.8 Å². The first kappa shape index (κ1) is 18.3. The number of hydrogen-bond donors (Lipinski definition) is 1. The van der Waals surface area contributed by atoms with Gasteiger partial charge in [0.15, 0.2) is 0 Å². The Labute approximate surface area is 155 Å². The molecule has 138 valence electrons. The molecular weight excluding hydrogens is 354 g/mol. The van der Waals surface area contributed by atoms with E-state index in [-0.39, 0.29) is 11.6 Å². The number of carbonyl (C=O) groups excluding carboxylic acids is 1. The molecule has 0 unspecified atom stereocenters. The monoisotopic (exact) mass is 375 g/mol. The molecular formula is C17H21N5O3S. The Bertz CT molecular complexity index is 781. The molecule has 1 saturated heterocycles. The van der Waals surface area contributed by atoms with E-state index in [4.69, 9.17) is 0 Å². The number of hydrogen-bond acceptors (Lipinski definition) is 7. The van der Waals surface area contributed by atoms with Crippen LogP contribution >= 0.6 is 11.3 Å². The second-order valence-corrected chi connectivity index (χ2v) is 6.85. The lowest BCUT2D eigenvalue weighted by molar-refractivity contribution is -0.384. The van der Waals surface area contributed by atoms with E-state index < -0.39 is 4.92 Å². The number of nitro benzene ring substituents is 1. The van der Waals surface area contributed by atoms with Gasteiger partial charge < -0.3 is 10.2 Å². The normalized spacial score (nSPS) is 15.5. The second kappa shape index (κ2) is 8.24. The maximum absolute atomic E-state index is 11.8. The van der Waals surface area contributed by atoms with Crippen molar-refractivity contribution < 1.29 is 9.72 Å². The van der Waals surface area contributed by atoms with Crippen molar-refractivity contribution in [3.8, 4) is 0 Å². The maximum atomic E-state index is 11.8. The van der Waals surface area contributed by atoms with Crippen LogP contribution in [0, 0.1) is 10.1 Å². The van der Waals surface area contributed by atoms with E-state index in [1.54, 1.807) is 23.5 Å². The number of nitrogens with zero attached hydrogens (tertiary/aromatic N) is 4. The van der Waals surface area contributed by atoms with E-state index in [0.29, 0.717) is 17.8 Å². The van der Waals surface area contributed by atoms with E-state index in [0.717, 1.165) is 38.3 Å². The van der Waals surface area contributed by atoms with Crippen LogP contribution in [-0.4, -0.2) is 53.9 Å². The van der Waals surface area contributed by atoms with Crippen molar-refractivity contribution in [3.63, 3.8) is 0 Å².